The number of nitrogens with one attached hydrogen (secondary N) is 1. The Hall–Kier alpha value is -4.67. The minimum absolute atomic E-state index is 0.0345. The van der Waals surface area contributed by atoms with Crippen LogP contribution in [0.25, 0.3) is 0 Å². The molecule has 1 heterocycles. The van der Waals surface area contributed by atoms with Gasteiger partial charge in [0, 0.05) is 45.8 Å². The van der Waals surface area contributed by atoms with E-state index in [1.807, 2.05) is 0 Å². The molecule has 1 unspecified atom stereocenters. The number of hydrogen-bond donors (Lipinski definition) is 3. The van der Waals surface area contributed by atoms with Gasteiger partial charge < -0.3 is 53.5 Å². The van der Waals surface area contributed by atoms with Crippen LogP contribution in [-0.4, -0.2) is 115 Å². The van der Waals surface area contributed by atoms with E-state index in [9.17, 15) is 34.2 Å². The molecular formula is C46H61NO14. The highest BCUT2D eigenvalue weighted by molar-refractivity contribution is 5.89. The second-order valence-electron chi connectivity index (χ2n) is 18.2. The molecule has 0 radical (unpaired) electrons. The molecule has 1 aliphatic heterocycles. The zero-order chi connectivity index (χ0) is 45.1. The fourth-order valence-corrected chi connectivity index (χ4v) is 9.22. The van der Waals surface area contributed by atoms with Gasteiger partial charge in [-0.1, -0.05) is 62.4 Å². The maximum absolute atomic E-state index is 14.1. The van der Waals surface area contributed by atoms with Crippen LogP contribution in [-0.2, 0) is 47.5 Å². The van der Waals surface area contributed by atoms with Crippen LogP contribution in [0, 0.1) is 10.8 Å². The summed E-state index contributed by atoms with van der Waals surface area (Å²) in [5.41, 5.74) is -5.12. The molecule has 15 heteroatoms. The van der Waals surface area contributed by atoms with Crippen molar-refractivity contribution in [1.29, 1.82) is 0 Å². The van der Waals surface area contributed by atoms with Crippen molar-refractivity contribution in [2.75, 3.05) is 20.8 Å². The number of fused-ring (bicyclic) bond motifs is 2. The molecule has 61 heavy (non-hydrogen) atoms. The van der Waals surface area contributed by atoms with Crippen LogP contribution in [0.3, 0.4) is 0 Å². The molecule has 2 aliphatic carbocycles. The summed E-state index contributed by atoms with van der Waals surface area (Å²) in [6.45, 7) is 13.5. The van der Waals surface area contributed by atoms with Gasteiger partial charge in [-0.3, -0.25) is 4.79 Å². The Bertz CT molecular complexity index is 1950. The van der Waals surface area contributed by atoms with E-state index in [2.05, 4.69) is 5.32 Å². The largest absolute Gasteiger partial charge is 0.456 e. The van der Waals surface area contributed by atoms with Crippen LogP contribution in [0.15, 0.2) is 71.8 Å². The lowest BCUT2D eigenvalue weighted by Crippen LogP contribution is -2.66. The molecule has 2 aromatic carbocycles. The summed E-state index contributed by atoms with van der Waals surface area (Å²) in [6.07, 6.45) is -7.75. The lowest BCUT2D eigenvalue weighted by Gasteiger charge is -2.58. The summed E-state index contributed by atoms with van der Waals surface area (Å²) in [5, 5.41) is 27.5. The Labute approximate surface area is 357 Å². The normalized spacial score (nSPS) is 29.9. The number of methoxy groups -OCH3 is 2. The van der Waals surface area contributed by atoms with Gasteiger partial charge in [-0.15, -0.1) is 0 Å². The smallest absolute Gasteiger partial charge is 0.408 e. The van der Waals surface area contributed by atoms with Gasteiger partial charge >= 0.3 is 24.0 Å². The fraction of sp³-hybridized carbons (Fsp3) is 0.587. The molecule has 2 aromatic rings. The van der Waals surface area contributed by atoms with E-state index in [1.165, 1.54) is 21.1 Å². The number of hydrogen-bond acceptors (Lipinski definition) is 14. The molecule has 1 saturated heterocycles. The van der Waals surface area contributed by atoms with E-state index >= 15 is 0 Å². The van der Waals surface area contributed by atoms with E-state index in [0.29, 0.717) is 16.7 Å². The predicted molar refractivity (Wildman–Crippen MR) is 220 cm³/mol. The maximum atomic E-state index is 14.1. The van der Waals surface area contributed by atoms with Crippen LogP contribution in [0.1, 0.15) is 103 Å². The summed E-state index contributed by atoms with van der Waals surface area (Å²) in [7, 11) is 2.90. The molecule has 3 N–H and O–H groups in total. The number of benzene rings is 2. The summed E-state index contributed by atoms with van der Waals surface area (Å²) >= 11 is 0. The average molecular weight is 852 g/mol. The zero-order valence-electron chi connectivity index (χ0n) is 36.7. The summed E-state index contributed by atoms with van der Waals surface area (Å²) < 4.78 is 41.6. The van der Waals surface area contributed by atoms with Crippen molar-refractivity contribution in [2.24, 2.45) is 10.8 Å². The third kappa shape index (κ3) is 9.86. The Kier molecular flexibility index (Phi) is 14.3. The average Bonchev–Trinajstić information content (AvgIpc) is 3.19. The van der Waals surface area contributed by atoms with Crippen molar-refractivity contribution in [3.8, 4) is 0 Å². The highest BCUT2D eigenvalue weighted by atomic mass is 16.6. The minimum Gasteiger partial charge on any atom is -0.456 e. The van der Waals surface area contributed by atoms with Crippen molar-refractivity contribution in [3.63, 3.8) is 0 Å². The van der Waals surface area contributed by atoms with Crippen molar-refractivity contribution in [1.82, 2.24) is 5.32 Å². The van der Waals surface area contributed by atoms with Gasteiger partial charge in [0.2, 0.25) is 0 Å². The van der Waals surface area contributed by atoms with Crippen LogP contribution >= 0.6 is 0 Å². The first-order valence-corrected chi connectivity index (χ1v) is 20.5. The number of aliphatic hydroxyl groups excluding tert-OH is 1. The minimum atomic E-state index is -2.06. The van der Waals surface area contributed by atoms with Crippen LogP contribution in [0.4, 0.5) is 4.79 Å². The summed E-state index contributed by atoms with van der Waals surface area (Å²) in [6, 6.07) is 15.3. The lowest BCUT2D eigenvalue weighted by molar-refractivity contribution is -0.256. The molecule has 1 saturated carbocycles. The second-order valence-corrected chi connectivity index (χ2v) is 18.2. The van der Waals surface area contributed by atoms with E-state index in [4.69, 9.17) is 33.2 Å². The molecule has 2 bridgehead atoms. The first-order valence-electron chi connectivity index (χ1n) is 20.5. The van der Waals surface area contributed by atoms with Crippen molar-refractivity contribution in [2.45, 2.75) is 141 Å². The third-order valence-corrected chi connectivity index (χ3v) is 12.6. The SMILES string of the molecule is CO[C@H]1C[C@@](C=O)([C@H](C[C@H]2OC[C@]2(C)OC(C)=O)OC)C[C@H](OC(=O)c2ccccc2)[C@]2(O)C[C@H](OC(=O)[C@H](O)C(NC(=O)OC(C)(C)C)c3ccccc3)C(C)=C1C2(C)C. The van der Waals surface area contributed by atoms with Gasteiger partial charge in [-0.2, -0.15) is 0 Å². The topological polar surface area (TPSA) is 202 Å². The van der Waals surface area contributed by atoms with Gasteiger partial charge in [-0.25, -0.2) is 14.4 Å². The zero-order valence-corrected chi connectivity index (χ0v) is 36.7. The molecule has 1 amide bonds. The van der Waals surface area contributed by atoms with Crippen molar-refractivity contribution in [3.05, 3.63) is 82.9 Å². The van der Waals surface area contributed by atoms with Gasteiger partial charge in [0.1, 0.15) is 35.8 Å². The number of carbonyl (C=O) groups excluding carboxylic acids is 5. The van der Waals surface area contributed by atoms with Gasteiger partial charge in [-0.05, 0) is 69.9 Å². The van der Waals surface area contributed by atoms with E-state index in [0.717, 1.165) is 6.29 Å². The Morgan fingerprint density at radius 3 is 2.08 bits per heavy atom. The van der Waals surface area contributed by atoms with E-state index in [1.54, 1.807) is 109 Å². The first kappa shape index (κ1) is 47.4. The fourth-order valence-electron chi connectivity index (χ4n) is 9.22. The molecule has 10 atom stereocenters. The number of aliphatic hydroxyl groups is 2. The monoisotopic (exact) mass is 851 g/mol. The number of aldehydes is 1. The van der Waals surface area contributed by atoms with Crippen molar-refractivity contribution < 1.29 is 67.3 Å². The maximum Gasteiger partial charge on any atom is 0.408 e. The Morgan fingerprint density at radius 1 is 0.934 bits per heavy atom. The van der Waals surface area contributed by atoms with E-state index in [-0.39, 0.29) is 37.9 Å². The molecule has 15 nitrogen and oxygen atoms in total. The summed E-state index contributed by atoms with van der Waals surface area (Å²) in [4.78, 5) is 66.9. The number of carbonyl (C=O) groups is 5. The highest BCUT2D eigenvalue weighted by Gasteiger charge is 2.64. The molecule has 5 rings (SSSR count). The second kappa shape index (κ2) is 18.4. The van der Waals surface area contributed by atoms with E-state index < -0.39 is 94.3 Å². The van der Waals surface area contributed by atoms with Gasteiger partial charge in [0.05, 0.1) is 35.8 Å². The molecule has 3 aliphatic rings. The third-order valence-electron chi connectivity index (χ3n) is 12.6. The highest BCUT2D eigenvalue weighted by Crippen LogP contribution is 2.58. The number of esters is 3. The number of rotatable bonds is 14. The van der Waals surface area contributed by atoms with Crippen molar-refractivity contribution >= 4 is 30.3 Å². The number of alkyl carbamates (subject to hydrolysis) is 1. The lowest BCUT2D eigenvalue weighted by atomic mass is 9.53. The van der Waals surface area contributed by atoms with Crippen LogP contribution < -0.4 is 5.32 Å². The molecule has 334 valence electrons. The Morgan fingerprint density at radius 2 is 1.56 bits per heavy atom. The first-order chi connectivity index (χ1) is 28.5. The van der Waals surface area contributed by atoms with Gasteiger partial charge in [0.25, 0.3) is 0 Å². The number of ether oxygens (including phenoxy) is 7. The van der Waals surface area contributed by atoms with Gasteiger partial charge in [0.15, 0.2) is 11.7 Å². The predicted octanol–water partition coefficient (Wildman–Crippen LogP) is 5.35. The Balaban J connectivity index is 1.59. The number of amides is 1. The standard InChI is InChI=1S/C46H61NO14/c1-27-31(58-40(52)38(50)37(29-17-13-11-14-18-29)47-41(53)61-42(3,4)5)23-46(54)35(59-39(51)30-19-15-12-16-20-30)24-45(25-48,22-32(55-9)36(27)43(46,6)7)34(56-10)21-33-44(8,26-57-33)60-28(2)49/h11-20,25,31-35,37-38,50,54H,21-24,26H2,1-10H3,(H,47,53)/t31-,32-,33+,34-,35-,37?,38+,44-,45+,46+/m0/s1. The quantitative estimate of drug-likeness (QED) is 0.0951. The van der Waals surface area contributed by atoms with Crippen LogP contribution in [0.2, 0.25) is 0 Å². The van der Waals surface area contributed by atoms with Crippen LogP contribution in [0.5, 0.6) is 0 Å². The molecule has 0 spiro atoms. The summed E-state index contributed by atoms with van der Waals surface area (Å²) in [5.74, 6) is -2.38. The molecule has 2 fully saturated rings. The molecule has 0 aromatic heterocycles. The molecular weight excluding hydrogens is 790 g/mol.